The van der Waals surface area contributed by atoms with Crippen LogP contribution in [0.1, 0.15) is 23.6 Å². The Morgan fingerprint density at radius 3 is 2.40 bits per heavy atom. The number of benzene rings is 2. The first-order valence-corrected chi connectivity index (χ1v) is 9.88. The number of nitrogens with zero attached hydrogens (tertiary/aromatic N) is 3. The number of alkyl halides is 3. The molecule has 0 spiro atoms. The molecule has 0 unspecified atom stereocenters. The summed E-state index contributed by atoms with van der Waals surface area (Å²) in [5, 5.41) is -0.680. The minimum absolute atomic E-state index is 0.199. The van der Waals surface area contributed by atoms with E-state index in [4.69, 9.17) is 11.6 Å². The van der Waals surface area contributed by atoms with E-state index in [9.17, 15) is 22.0 Å². The maximum atomic E-state index is 14.6. The molecule has 2 aliphatic heterocycles. The van der Waals surface area contributed by atoms with Gasteiger partial charge in [-0.05, 0) is 31.2 Å². The Bertz CT molecular complexity index is 1120. The molecule has 0 aromatic heterocycles. The normalized spacial score (nSPS) is 18.7. The molecule has 0 saturated heterocycles. The Labute approximate surface area is 181 Å². The highest BCUT2D eigenvalue weighted by Gasteiger charge is 2.39. The van der Waals surface area contributed by atoms with Gasteiger partial charge in [0, 0.05) is 16.2 Å². The third-order valence-corrected chi connectivity index (χ3v) is 5.62. The molecule has 0 saturated carbocycles. The predicted molar refractivity (Wildman–Crippen MR) is 110 cm³/mol. The van der Waals surface area contributed by atoms with Crippen molar-refractivity contribution in [2.45, 2.75) is 19.1 Å². The second-order valence-electron chi connectivity index (χ2n) is 6.72. The summed E-state index contributed by atoms with van der Waals surface area (Å²) in [6.07, 6.45) is -3.21. The van der Waals surface area contributed by atoms with Crippen LogP contribution in [0.15, 0.2) is 51.0 Å². The number of hydrogen-bond donors (Lipinski definition) is 0. The fourth-order valence-electron chi connectivity index (χ4n) is 3.49. The Balaban J connectivity index is 2.09. The standard InChI is InChI=1S/C20H12BrClF5N3/c1-9-19-28-7-10(21)8-30(19)14-6-5-11(20(25,26)27)17(22)16(14)18(29-9)15-12(23)3-2-4-13(15)24/h2-7,9H,8H2,1H3/t9-/m0/s1. The average molecular weight is 505 g/mol. The summed E-state index contributed by atoms with van der Waals surface area (Å²) in [6.45, 7) is 1.89. The van der Waals surface area contributed by atoms with Gasteiger partial charge in [0.2, 0.25) is 0 Å². The highest BCUT2D eigenvalue weighted by atomic mass is 79.9. The van der Waals surface area contributed by atoms with Gasteiger partial charge in [-0.25, -0.2) is 13.8 Å². The van der Waals surface area contributed by atoms with E-state index in [2.05, 4.69) is 25.9 Å². The Morgan fingerprint density at radius 1 is 1.10 bits per heavy atom. The van der Waals surface area contributed by atoms with Gasteiger partial charge in [-0.15, -0.1) is 0 Å². The van der Waals surface area contributed by atoms with E-state index < -0.39 is 40.0 Å². The van der Waals surface area contributed by atoms with Crippen molar-refractivity contribution in [2.24, 2.45) is 9.98 Å². The van der Waals surface area contributed by atoms with Crippen molar-refractivity contribution in [2.75, 3.05) is 11.4 Å². The molecule has 0 N–H and O–H groups in total. The van der Waals surface area contributed by atoms with Crippen LogP contribution in [0.4, 0.5) is 27.6 Å². The number of rotatable bonds is 1. The zero-order chi connectivity index (χ0) is 21.8. The number of anilines is 1. The second-order valence-corrected chi connectivity index (χ2v) is 8.12. The first-order chi connectivity index (χ1) is 14.1. The van der Waals surface area contributed by atoms with Gasteiger partial charge in [0.1, 0.15) is 23.5 Å². The van der Waals surface area contributed by atoms with Crippen molar-refractivity contribution in [3.63, 3.8) is 0 Å². The molecule has 0 bridgehead atoms. The smallest absolute Gasteiger partial charge is 0.322 e. The molecular weight excluding hydrogens is 493 g/mol. The molecule has 3 nitrogen and oxygen atoms in total. The summed E-state index contributed by atoms with van der Waals surface area (Å²) >= 11 is 9.55. The maximum absolute atomic E-state index is 14.6. The molecule has 30 heavy (non-hydrogen) atoms. The van der Waals surface area contributed by atoms with Crippen LogP contribution in [0.5, 0.6) is 0 Å². The van der Waals surface area contributed by atoms with E-state index in [0.29, 0.717) is 10.3 Å². The zero-order valence-electron chi connectivity index (χ0n) is 15.2. The lowest BCUT2D eigenvalue weighted by atomic mass is 9.96. The second kappa shape index (κ2) is 7.46. The predicted octanol–water partition coefficient (Wildman–Crippen LogP) is 6.33. The van der Waals surface area contributed by atoms with Gasteiger partial charge in [-0.3, -0.25) is 4.99 Å². The van der Waals surface area contributed by atoms with Crippen molar-refractivity contribution in [3.05, 3.63) is 74.4 Å². The molecule has 2 aliphatic rings. The van der Waals surface area contributed by atoms with E-state index in [0.717, 1.165) is 24.3 Å². The average Bonchev–Trinajstić information content (AvgIpc) is 2.76. The SMILES string of the molecule is C[C@@H]1N=C(c2c(F)cccc2F)c2c(ccc(C(F)(F)F)c2Cl)N2CC(Br)=CN=C12. The quantitative estimate of drug-likeness (QED) is 0.417. The Hall–Kier alpha value is -2.26. The number of aliphatic imine (C=N–C) groups is 2. The van der Waals surface area contributed by atoms with Crippen LogP contribution in [0.3, 0.4) is 0 Å². The molecule has 0 amide bonds. The fourth-order valence-corrected chi connectivity index (χ4v) is 4.19. The molecule has 10 heteroatoms. The number of halogens is 7. The van der Waals surface area contributed by atoms with E-state index in [1.165, 1.54) is 6.07 Å². The molecule has 2 aromatic rings. The molecule has 0 fully saturated rings. The van der Waals surface area contributed by atoms with Crippen molar-refractivity contribution in [3.8, 4) is 0 Å². The lowest BCUT2D eigenvalue weighted by molar-refractivity contribution is -0.137. The van der Waals surface area contributed by atoms with Gasteiger partial charge in [0.25, 0.3) is 0 Å². The Morgan fingerprint density at radius 2 is 1.77 bits per heavy atom. The highest BCUT2D eigenvalue weighted by Crippen LogP contribution is 2.43. The van der Waals surface area contributed by atoms with Gasteiger partial charge in [0.15, 0.2) is 0 Å². The maximum Gasteiger partial charge on any atom is 0.417 e. The third kappa shape index (κ3) is 3.43. The summed E-state index contributed by atoms with van der Waals surface area (Å²) in [5.74, 6) is -1.50. The van der Waals surface area contributed by atoms with E-state index in [-0.39, 0.29) is 23.5 Å². The van der Waals surface area contributed by atoms with Crippen LogP contribution in [0.25, 0.3) is 0 Å². The molecule has 4 rings (SSSR count). The molecule has 2 heterocycles. The minimum atomic E-state index is -4.76. The van der Waals surface area contributed by atoms with Gasteiger partial charge < -0.3 is 4.90 Å². The largest absolute Gasteiger partial charge is 0.417 e. The van der Waals surface area contributed by atoms with Crippen molar-refractivity contribution >= 4 is 44.8 Å². The summed E-state index contributed by atoms with van der Waals surface area (Å²) in [5.41, 5.74) is -1.93. The number of amidine groups is 1. The van der Waals surface area contributed by atoms with Gasteiger partial charge in [-0.1, -0.05) is 33.6 Å². The number of hydrogen-bond acceptors (Lipinski definition) is 3. The highest BCUT2D eigenvalue weighted by molar-refractivity contribution is 9.11. The first kappa shape index (κ1) is 21.0. The summed E-state index contributed by atoms with van der Waals surface area (Å²) in [6, 6.07) is 4.56. The third-order valence-electron chi connectivity index (χ3n) is 4.77. The Kier molecular flexibility index (Phi) is 5.22. The van der Waals surface area contributed by atoms with Gasteiger partial charge in [-0.2, -0.15) is 13.2 Å². The monoisotopic (exact) mass is 503 g/mol. The zero-order valence-corrected chi connectivity index (χ0v) is 17.6. The molecule has 2 aromatic carbocycles. The fraction of sp³-hybridized carbons (Fsp3) is 0.200. The van der Waals surface area contributed by atoms with Crippen molar-refractivity contribution in [1.29, 1.82) is 0 Å². The van der Waals surface area contributed by atoms with Gasteiger partial charge in [0.05, 0.1) is 34.1 Å². The van der Waals surface area contributed by atoms with Crippen LogP contribution in [-0.4, -0.2) is 24.1 Å². The lowest BCUT2D eigenvalue weighted by Crippen LogP contribution is -2.39. The van der Waals surface area contributed by atoms with Crippen molar-refractivity contribution < 1.29 is 22.0 Å². The molecule has 1 atom stereocenters. The summed E-state index contributed by atoms with van der Waals surface area (Å²) in [4.78, 5) is 10.3. The molecular formula is C20H12BrClF5N3. The van der Waals surface area contributed by atoms with E-state index in [1.54, 1.807) is 18.0 Å². The van der Waals surface area contributed by atoms with Crippen LogP contribution in [-0.2, 0) is 6.18 Å². The van der Waals surface area contributed by atoms with Gasteiger partial charge >= 0.3 is 6.18 Å². The lowest BCUT2D eigenvalue weighted by Gasteiger charge is -2.30. The van der Waals surface area contributed by atoms with Crippen LogP contribution >= 0.6 is 27.5 Å². The van der Waals surface area contributed by atoms with Crippen LogP contribution in [0, 0.1) is 11.6 Å². The summed E-state index contributed by atoms with van der Waals surface area (Å²) in [7, 11) is 0. The minimum Gasteiger partial charge on any atom is -0.322 e. The van der Waals surface area contributed by atoms with E-state index >= 15 is 0 Å². The summed E-state index contributed by atoms with van der Waals surface area (Å²) < 4.78 is 70.6. The van der Waals surface area contributed by atoms with E-state index in [1.807, 2.05) is 0 Å². The topological polar surface area (TPSA) is 28.0 Å². The molecule has 0 radical (unpaired) electrons. The van der Waals surface area contributed by atoms with Crippen molar-refractivity contribution in [1.82, 2.24) is 0 Å². The van der Waals surface area contributed by atoms with Crippen LogP contribution in [0.2, 0.25) is 5.02 Å². The first-order valence-electron chi connectivity index (χ1n) is 8.71. The number of fused-ring (bicyclic) bond motifs is 3. The molecule has 0 aliphatic carbocycles. The molecule has 156 valence electrons. The van der Waals surface area contributed by atoms with Crippen LogP contribution < -0.4 is 4.90 Å².